The van der Waals surface area contributed by atoms with Crippen LogP contribution in [0.5, 0.6) is 0 Å². The number of nitrogens with zero attached hydrogens (tertiary/aromatic N) is 1. The number of hydrogen-bond acceptors (Lipinski definition) is 2. The van der Waals surface area contributed by atoms with Gasteiger partial charge in [0.2, 0.25) is 0 Å². The number of hydrogen-bond donors (Lipinski definition) is 4. The van der Waals surface area contributed by atoms with Crippen molar-refractivity contribution in [3.05, 3.63) is 5.32 Å². The Morgan fingerprint density at radius 1 is 0.727 bits per heavy atom. The van der Waals surface area contributed by atoms with Crippen LogP contribution in [0, 0.1) is 0 Å². The molecule has 0 amide bonds. The second-order valence-electron chi connectivity index (χ2n) is 6.06. The van der Waals surface area contributed by atoms with Gasteiger partial charge in [-0.05, 0) is 25.7 Å². The molecule has 2 rings (SSSR count). The molecule has 0 aliphatic heterocycles. The minimum Gasteiger partial charge on any atom is -0.657 e. The topological polar surface area (TPSA) is 38.2 Å². The van der Waals surface area contributed by atoms with E-state index in [1.165, 1.54) is 25.7 Å². The molecule has 0 spiro atoms. The van der Waals surface area contributed by atoms with Crippen molar-refractivity contribution in [1.29, 1.82) is 0 Å². The van der Waals surface area contributed by atoms with E-state index >= 15 is 0 Å². The van der Waals surface area contributed by atoms with Crippen molar-refractivity contribution in [2.45, 2.75) is 75.5 Å². The van der Waals surface area contributed by atoms with Gasteiger partial charge >= 0.3 is 0 Å². The van der Waals surface area contributed by atoms with Crippen LogP contribution in [0.3, 0.4) is 0 Å². The average molecular weight is 462 g/mol. The first-order valence-electron chi connectivity index (χ1n) is 7.72. The molecule has 3 nitrogen and oxygen atoms in total. The Kier molecular flexibility index (Phi) is 10.4. The van der Waals surface area contributed by atoms with Crippen molar-refractivity contribution in [2.75, 3.05) is 0 Å². The van der Waals surface area contributed by atoms with Gasteiger partial charge in [0.15, 0.2) is 0 Å². The van der Waals surface area contributed by atoms with Crippen LogP contribution in [0.1, 0.15) is 51.4 Å². The van der Waals surface area contributed by atoms with E-state index in [0.29, 0.717) is 32.8 Å². The standard InChI is InChI=1S/C14H24N3S4.Tc/c18-13(19)16-11-5-1-9(2-6-11)15-10-3-7-12(8-4-10)17-14(20)21;/h9-12H,1-8H2,(H2,16,18,19)(H2,17,20,21);/q-1;/i;1+1. The van der Waals surface area contributed by atoms with Crippen molar-refractivity contribution in [3.8, 4) is 0 Å². The molecule has 2 aliphatic carbocycles. The van der Waals surface area contributed by atoms with E-state index in [9.17, 15) is 0 Å². The molecule has 2 saturated carbocycles. The Morgan fingerprint density at radius 2 is 1.05 bits per heavy atom. The Labute approximate surface area is 169 Å². The van der Waals surface area contributed by atoms with E-state index in [2.05, 4.69) is 35.9 Å². The molecular weight excluding hydrogens is 437 g/mol. The minimum absolute atomic E-state index is 0. The van der Waals surface area contributed by atoms with Crippen LogP contribution in [0.25, 0.3) is 5.32 Å². The molecule has 0 atom stereocenters. The summed E-state index contributed by atoms with van der Waals surface area (Å²) in [5.41, 5.74) is 0. The number of thiol groups is 2. The molecule has 1 radical (unpaired) electrons. The van der Waals surface area contributed by atoms with E-state index in [1.54, 1.807) is 0 Å². The monoisotopic (exact) mass is 461 g/mol. The fraction of sp³-hybridized carbons (Fsp3) is 0.857. The van der Waals surface area contributed by atoms with E-state index in [4.69, 9.17) is 29.8 Å². The quantitative estimate of drug-likeness (QED) is 0.382. The van der Waals surface area contributed by atoms with Gasteiger partial charge in [0.1, 0.15) is 8.64 Å². The summed E-state index contributed by atoms with van der Waals surface area (Å²) in [7, 11) is 0. The van der Waals surface area contributed by atoms with Crippen molar-refractivity contribution in [2.24, 2.45) is 0 Å². The van der Waals surface area contributed by atoms with E-state index < -0.39 is 0 Å². The third-order valence-electron chi connectivity index (χ3n) is 4.47. The summed E-state index contributed by atoms with van der Waals surface area (Å²) in [4.78, 5) is 0. The zero-order valence-corrected chi connectivity index (χ0v) is 17.8. The molecule has 0 aromatic heterocycles. The Hall–Kier alpha value is 1.09. The van der Waals surface area contributed by atoms with Crippen molar-refractivity contribution in [3.63, 3.8) is 0 Å². The summed E-state index contributed by atoms with van der Waals surface area (Å²) in [5, 5.41) is 11.6. The summed E-state index contributed by atoms with van der Waals surface area (Å²) < 4.78 is 1.23. The van der Waals surface area contributed by atoms with Crippen LogP contribution >= 0.6 is 49.7 Å². The van der Waals surface area contributed by atoms with E-state index in [1.807, 2.05) is 0 Å². The van der Waals surface area contributed by atoms with Crippen molar-refractivity contribution < 1.29 is 20.1 Å². The summed E-state index contributed by atoms with van der Waals surface area (Å²) in [5.74, 6) is 0. The molecule has 0 saturated heterocycles. The molecular formula is C14H24N3S4Tc-. The summed E-state index contributed by atoms with van der Waals surface area (Å²) >= 11 is 18.3. The summed E-state index contributed by atoms with van der Waals surface area (Å²) in [6.45, 7) is 0. The molecule has 0 aromatic rings. The zero-order valence-electron chi connectivity index (χ0n) is 12.5. The minimum atomic E-state index is 0. The SMILES string of the molecule is S=C(S)NC1CCC([N-]C2CCC(NC(=S)S)CC2)CC1.[99Tc]. The second-order valence-corrected chi connectivity index (χ2v) is 8.38. The Bertz CT molecular complexity index is 333. The first kappa shape index (κ1) is 21.1. The number of nitrogens with one attached hydrogen (secondary N) is 2. The number of rotatable bonds is 4. The van der Waals surface area contributed by atoms with Gasteiger partial charge in [-0.25, -0.2) is 0 Å². The van der Waals surface area contributed by atoms with Crippen molar-refractivity contribution >= 4 is 58.3 Å². The van der Waals surface area contributed by atoms with Crippen LogP contribution in [-0.2, 0) is 20.1 Å². The molecule has 0 unspecified atom stereocenters. The van der Waals surface area contributed by atoms with Gasteiger partial charge in [0.25, 0.3) is 0 Å². The normalized spacial score (nSPS) is 31.7. The first-order valence-corrected chi connectivity index (χ1v) is 9.43. The van der Waals surface area contributed by atoms with E-state index in [0.717, 1.165) is 25.7 Å². The zero-order chi connectivity index (χ0) is 15.2. The second kappa shape index (κ2) is 10.9. The van der Waals surface area contributed by atoms with Gasteiger partial charge in [-0.1, -0.05) is 50.1 Å². The Morgan fingerprint density at radius 3 is 1.32 bits per heavy atom. The molecule has 0 bridgehead atoms. The van der Waals surface area contributed by atoms with Crippen LogP contribution in [0.15, 0.2) is 0 Å². The van der Waals surface area contributed by atoms with Gasteiger partial charge < -0.3 is 16.0 Å². The van der Waals surface area contributed by atoms with Gasteiger partial charge in [-0.2, -0.15) is 0 Å². The Balaban J connectivity index is 0.00000242. The molecule has 2 N–H and O–H groups in total. The molecule has 127 valence electrons. The molecule has 0 heterocycles. The maximum atomic E-state index is 5.06. The van der Waals surface area contributed by atoms with Gasteiger partial charge in [0, 0.05) is 32.2 Å². The van der Waals surface area contributed by atoms with Crippen LogP contribution < -0.4 is 10.6 Å². The summed E-state index contributed by atoms with van der Waals surface area (Å²) in [6.07, 6.45) is 9.30. The van der Waals surface area contributed by atoms with Crippen molar-refractivity contribution in [1.82, 2.24) is 10.6 Å². The maximum absolute atomic E-state index is 5.06. The smallest absolute Gasteiger partial charge is 0.130 e. The van der Waals surface area contributed by atoms with Crippen LogP contribution in [0.4, 0.5) is 0 Å². The fourth-order valence-electron chi connectivity index (χ4n) is 3.39. The molecule has 8 heteroatoms. The molecule has 22 heavy (non-hydrogen) atoms. The largest absolute Gasteiger partial charge is 0.657 e. The third-order valence-corrected chi connectivity index (χ3v) is 4.96. The number of thiocarbonyl (C=S) groups is 2. The predicted molar refractivity (Wildman–Crippen MR) is 105 cm³/mol. The van der Waals surface area contributed by atoms with Gasteiger partial charge in [-0.3, -0.25) is 0 Å². The third kappa shape index (κ3) is 7.77. The predicted octanol–water partition coefficient (Wildman–Crippen LogP) is 3.59. The molecule has 2 aliphatic rings. The average Bonchev–Trinajstić information content (AvgIpc) is 2.42. The molecule has 0 aromatic carbocycles. The first-order chi connectivity index (χ1) is 10.0. The van der Waals surface area contributed by atoms with E-state index in [-0.39, 0.29) is 20.1 Å². The van der Waals surface area contributed by atoms with Gasteiger partial charge in [0.05, 0.1) is 0 Å². The fourth-order valence-corrected chi connectivity index (χ4v) is 4.08. The maximum Gasteiger partial charge on any atom is 0.130 e. The van der Waals surface area contributed by atoms with Crippen LogP contribution in [-0.4, -0.2) is 32.8 Å². The summed E-state index contributed by atoms with van der Waals surface area (Å²) in [6, 6.07) is 2.07. The molecule has 2 fully saturated rings. The van der Waals surface area contributed by atoms with Crippen LogP contribution in [0.2, 0.25) is 0 Å². The van der Waals surface area contributed by atoms with Gasteiger partial charge in [-0.15, -0.1) is 37.3 Å².